The summed E-state index contributed by atoms with van der Waals surface area (Å²) in [5, 5.41) is 22.9. The second-order valence-electron chi connectivity index (χ2n) is 5.21. The maximum Gasteiger partial charge on any atom is 0.471 e. The fourth-order valence-electron chi connectivity index (χ4n) is 2.04. The molecule has 1 saturated heterocycles. The molecule has 11 heteroatoms. The van der Waals surface area contributed by atoms with Gasteiger partial charge in [-0.3, -0.25) is 9.59 Å². The van der Waals surface area contributed by atoms with Crippen LogP contribution in [0.25, 0.3) is 0 Å². The number of primary amides is 1. The maximum atomic E-state index is 12.0. The number of carbonyl (C=O) groups excluding carboxylic acids is 2. The Kier molecular flexibility index (Phi) is 7.45. The van der Waals surface area contributed by atoms with E-state index >= 15 is 0 Å². The summed E-state index contributed by atoms with van der Waals surface area (Å²) < 4.78 is 41.2. The number of amides is 2. The number of aliphatic hydroxyl groups excluding tert-OH is 2. The zero-order valence-corrected chi connectivity index (χ0v) is 12.7. The number of nitrogens with one attached hydrogen (secondary N) is 2. The summed E-state index contributed by atoms with van der Waals surface area (Å²) in [7, 11) is 0. The van der Waals surface area contributed by atoms with Gasteiger partial charge in [0.15, 0.2) is 0 Å². The number of alkyl halides is 3. The first-order valence-corrected chi connectivity index (χ1v) is 7.19. The Hall–Kier alpha value is -1.85. The summed E-state index contributed by atoms with van der Waals surface area (Å²) in [6, 6.07) is 0. The Morgan fingerprint density at radius 1 is 1.38 bits per heavy atom. The highest BCUT2D eigenvalue weighted by atomic mass is 19.4. The third-order valence-corrected chi connectivity index (χ3v) is 3.33. The van der Waals surface area contributed by atoms with Gasteiger partial charge in [0.1, 0.15) is 12.3 Å². The van der Waals surface area contributed by atoms with Gasteiger partial charge in [-0.25, -0.2) is 0 Å². The van der Waals surface area contributed by atoms with Crippen LogP contribution in [0.15, 0.2) is 11.8 Å². The molecule has 1 heterocycles. The average Bonchev–Trinajstić information content (AvgIpc) is 2.84. The summed E-state index contributed by atoms with van der Waals surface area (Å²) >= 11 is 0. The zero-order valence-electron chi connectivity index (χ0n) is 12.7. The van der Waals surface area contributed by atoms with Gasteiger partial charge in [-0.2, -0.15) is 13.2 Å². The molecule has 1 aliphatic rings. The van der Waals surface area contributed by atoms with E-state index < -0.39 is 36.4 Å². The average molecular weight is 355 g/mol. The normalized spacial score (nSPS) is 24.7. The lowest BCUT2D eigenvalue weighted by molar-refractivity contribution is -0.173. The molecule has 3 atom stereocenters. The van der Waals surface area contributed by atoms with Gasteiger partial charge in [-0.15, -0.1) is 0 Å². The Morgan fingerprint density at radius 2 is 2.04 bits per heavy atom. The van der Waals surface area contributed by atoms with Gasteiger partial charge in [0.25, 0.3) is 0 Å². The molecule has 0 radical (unpaired) electrons. The molecule has 1 aliphatic heterocycles. The van der Waals surface area contributed by atoms with Crippen LogP contribution >= 0.6 is 0 Å². The molecule has 1 unspecified atom stereocenters. The molecule has 0 aliphatic carbocycles. The molecule has 0 saturated carbocycles. The SMILES string of the molecule is NC(=O)/C(=C\N[C@H]1CC(O)[C@@H](CO)O1)CCCNC(=O)C(F)(F)F. The van der Waals surface area contributed by atoms with Crippen LogP contribution in [0, 0.1) is 0 Å². The first-order chi connectivity index (χ1) is 11.1. The van der Waals surface area contributed by atoms with Crippen molar-refractivity contribution in [2.75, 3.05) is 13.2 Å². The zero-order chi connectivity index (χ0) is 18.3. The van der Waals surface area contributed by atoms with Crippen molar-refractivity contribution in [3.8, 4) is 0 Å². The standard InChI is InChI=1S/C13H20F3N3O5/c14-13(15,16)12(23)18-3-1-2-7(11(17)22)5-19-10-4-8(21)9(6-20)24-10/h5,8-10,19-21H,1-4,6H2,(H2,17,22)(H,18,23)/b7-5-/t8?,9-,10-/m1/s1. The molecule has 0 aromatic carbocycles. The largest absolute Gasteiger partial charge is 0.471 e. The van der Waals surface area contributed by atoms with E-state index in [1.54, 1.807) is 5.32 Å². The van der Waals surface area contributed by atoms with E-state index in [-0.39, 0.29) is 38.0 Å². The van der Waals surface area contributed by atoms with Crippen molar-refractivity contribution in [2.45, 2.75) is 43.9 Å². The van der Waals surface area contributed by atoms with Crippen molar-refractivity contribution in [1.82, 2.24) is 10.6 Å². The highest BCUT2D eigenvalue weighted by Gasteiger charge is 2.38. The van der Waals surface area contributed by atoms with Gasteiger partial charge in [0, 0.05) is 24.7 Å². The van der Waals surface area contributed by atoms with Crippen molar-refractivity contribution in [3.05, 3.63) is 11.8 Å². The van der Waals surface area contributed by atoms with Gasteiger partial charge in [0.05, 0.1) is 12.7 Å². The highest BCUT2D eigenvalue weighted by molar-refractivity contribution is 5.91. The number of ether oxygens (including phenoxy) is 1. The third kappa shape index (κ3) is 6.34. The van der Waals surface area contributed by atoms with Crippen molar-refractivity contribution >= 4 is 11.8 Å². The van der Waals surface area contributed by atoms with Gasteiger partial charge in [0.2, 0.25) is 5.91 Å². The smallest absolute Gasteiger partial charge is 0.394 e. The van der Waals surface area contributed by atoms with Crippen molar-refractivity contribution in [1.29, 1.82) is 0 Å². The van der Waals surface area contributed by atoms with Crippen LogP contribution in [0.4, 0.5) is 13.2 Å². The van der Waals surface area contributed by atoms with Crippen LogP contribution < -0.4 is 16.4 Å². The van der Waals surface area contributed by atoms with Gasteiger partial charge in [-0.05, 0) is 12.8 Å². The van der Waals surface area contributed by atoms with Crippen LogP contribution in [0.1, 0.15) is 19.3 Å². The number of hydrogen-bond donors (Lipinski definition) is 5. The molecule has 0 aromatic heterocycles. The summed E-state index contributed by atoms with van der Waals surface area (Å²) in [4.78, 5) is 21.9. The first-order valence-electron chi connectivity index (χ1n) is 7.19. The van der Waals surface area contributed by atoms with E-state index in [2.05, 4.69) is 5.32 Å². The quantitative estimate of drug-likeness (QED) is 0.276. The molecular formula is C13H20F3N3O5. The van der Waals surface area contributed by atoms with Crippen LogP contribution in [-0.2, 0) is 14.3 Å². The van der Waals surface area contributed by atoms with Gasteiger partial charge >= 0.3 is 12.1 Å². The number of halogens is 3. The van der Waals surface area contributed by atoms with E-state index in [1.807, 2.05) is 0 Å². The molecular weight excluding hydrogens is 335 g/mol. The minimum absolute atomic E-state index is 0.0408. The second-order valence-corrected chi connectivity index (χ2v) is 5.21. The van der Waals surface area contributed by atoms with Crippen molar-refractivity contribution in [3.63, 3.8) is 0 Å². The predicted octanol–water partition coefficient (Wildman–Crippen LogP) is -1.13. The van der Waals surface area contributed by atoms with Crippen LogP contribution in [-0.4, -0.2) is 59.8 Å². The molecule has 0 spiro atoms. The number of carbonyl (C=O) groups is 2. The number of rotatable bonds is 8. The lowest BCUT2D eigenvalue weighted by Gasteiger charge is -2.13. The lowest BCUT2D eigenvalue weighted by atomic mass is 10.1. The van der Waals surface area contributed by atoms with Crippen molar-refractivity contribution < 1.29 is 37.7 Å². The third-order valence-electron chi connectivity index (χ3n) is 3.33. The Labute approximate surface area is 135 Å². The lowest BCUT2D eigenvalue weighted by Crippen LogP contribution is -2.37. The van der Waals surface area contributed by atoms with Crippen molar-refractivity contribution in [2.24, 2.45) is 5.73 Å². The molecule has 6 N–H and O–H groups in total. The number of hydrogen-bond acceptors (Lipinski definition) is 6. The minimum atomic E-state index is -4.95. The fraction of sp³-hybridized carbons (Fsp3) is 0.692. The fourth-order valence-corrected chi connectivity index (χ4v) is 2.04. The monoisotopic (exact) mass is 355 g/mol. The van der Waals surface area contributed by atoms with Gasteiger partial charge in [-0.1, -0.05) is 0 Å². The molecule has 24 heavy (non-hydrogen) atoms. The Balaban J connectivity index is 2.42. The first kappa shape index (κ1) is 20.2. The summed E-state index contributed by atoms with van der Waals surface area (Å²) in [6.07, 6.45) is -5.60. The highest BCUT2D eigenvalue weighted by Crippen LogP contribution is 2.18. The molecule has 1 fully saturated rings. The van der Waals surface area contributed by atoms with Crippen LogP contribution in [0.3, 0.4) is 0 Å². The maximum absolute atomic E-state index is 12.0. The Morgan fingerprint density at radius 3 is 2.54 bits per heavy atom. The molecule has 0 bridgehead atoms. The molecule has 138 valence electrons. The molecule has 0 aromatic rings. The van der Waals surface area contributed by atoms with E-state index in [0.29, 0.717) is 0 Å². The Bertz CT molecular complexity index is 484. The van der Waals surface area contributed by atoms with Crippen LogP contribution in [0.2, 0.25) is 0 Å². The predicted molar refractivity (Wildman–Crippen MR) is 75.1 cm³/mol. The van der Waals surface area contributed by atoms with Crippen LogP contribution in [0.5, 0.6) is 0 Å². The molecule has 1 rings (SSSR count). The summed E-state index contributed by atoms with van der Waals surface area (Å²) in [5.74, 6) is -2.82. The summed E-state index contributed by atoms with van der Waals surface area (Å²) in [6.45, 7) is -0.626. The van der Waals surface area contributed by atoms with E-state index in [0.717, 1.165) is 0 Å². The van der Waals surface area contributed by atoms with E-state index in [9.17, 15) is 27.9 Å². The van der Waals surface area contributed by atoms with E-state index in [1.165, 1.54) is 6.20 Å². The van der Waals surface area contributed by atoms with E-state index in [4.69, 9.17) is 15.6 Å². The van der Waals surface area contributed by atoms with Gasteiger partial charge < -0.3 is 31.3 Å². The number of nitrogens with two attached hydrogens (primary N) is 1. The number of aliphatic hydroxyl groups is 2. The topological polar surface area (TPSA) is 134 Å². The minimum Gasteiger partial charge on any atom is -0.394 e. The second kappa shape index (κ2) is 8.85. The summed E-state index contributed by atoms with van der Waals surface area (Å²) in [5.41, 5.74) is 5.27. The molecule has 8 nitrogen and oxygen atoms in total. The molecule has 2 amide bonds.